The Balaban J connectivity index is 1.80. The highest BCUT2D eigenvalue weighted by atomic mass is 16.5. The van der Waals surface area contributed by atoms with Gasteiger partial charge < -0.3 is 9.22 Å². The van der Waals surface area contributed by atoms with Gasteiger partial charge in [0.25, 0.3) is 0 Å². The molecule has 19 heavy (non-hydrogen) atoms. The molecule has 1 aliphatic heterocycles. The number of likely N-dealkylation sites (tertiary alicyclic amines) is 1. The third kappa shape index (κ3) is 2.42. The van der Waals surface area contributed by atoms with Crippen molar-refractivity contribution in [1.29, 1.82) is 0 Å². The first-order valence-electron chi connectivity index (χ1n) is 8.11. The van der Waals surface area contributed by atoms with E-state index in [-0.39, 0.29) is 12.1 Å². The molecule has 0 N–H and O–H groups in total. The minimum absolute atomic E-state index is 0.0772. The maximum atomic E-state index is 11.4. The Kier molecular flexibility index (Phi) is 3.59. The van der Waals surface area contributed by atoms with Gasteiger partial charge in [-0.15, -0.1) is 0 Å². The van der Waals surface area contributed by atoms with Crippen LogP contribution in [-0.2, 0) is 9.53 Å². The summed E-state index contributed by atoms with van der Waals surface area (Å²) >= 11 is 0. The van der Waals surface area contributed by atoms with E-state index >= 15 is 0 Å². The van der Waals surface area contributed by atoms with Gasteiger partial charge in [0, 0.05) is 32.1 Å². The lowest BCUT2D eigenvalue weighted by molar-refractivity contribution is -0.928. The van der Waals surface area contributed by atoms with E-state index in [4.69, 9.17) is 4.74 Å². The van der Waals surface area contributed by atoms with Gasteiger partial charge in [0.15, 0.2) is 0 Å². The molecule has 4 atom stereocenters. The highest BCUT2D eigenvalue weighted by Crippen LogP contribution is 2.46. The van der Waals surface area contributed by atoms with Crippen molar-refractivity contribution < 1.29 is 14.0 Å². The van der Waals surface area contributed by atoms with Crippen molar-refractivity contribution in [3.63, 3.8) is 0 Å². The second kappa shape index (κ2) is 5.08. The summed E-state index contributed by atoms with van der Waals surface area (Å²) in [6, 6.07) is 0.739. The summed E-state index contributed by atoms with van der Waals surface area (Å²) in [4.78, 5) is 11.4. The predicted octanol–water partition coefficient (Wildman–Crippen LogP) is 2.74. The number of carbonyl (C=O) groups excluding carboxylic acids is 1. The standard InChI is InChI=1S/C16H28NO2/c1-12(18)19-16-13-6-5-7-14(16)15(9-8-13)17(2)10-3-4-11-17/h13-16H,3-11H2,1-2H3/q+1/t13-,14+,15-,16-/m0/s1. The SMILES string of the molecule is CC(=O)O[C@H]1[C@H]2CCC[C@@H]1[C@@H]([N+]1(C)CCCC1)CC2. The van der Waals surface area contributed by atoms with Crippen LogP contribution in [0.4, 0.5) is 0 Å². The van der Waals surface area contributed by atoms with E-state index in [1.807, 2.05) is 0 Å². The highest BCUT2D eigenvalue weighted by molar-refractivity contribution is 5.66. The van der Waals surface area contributed by atoms with Crippen LogP contribution >= 0.6 is 0 Å². The van der Waals surface area contributed by atoms with Gasteiger partial charge in [-0.2, -0.15) is 0 Å². The van der Waals surface area contributed by atoms with Crippen molar-refractivity contribution in [3.05, 3.63) is 0 Å². The monoisotopic (exact) mass is 266 g/mol. The number of fused-ring (bicyclic) bond motifs is 2. The van der Waals surface area contributed by atoms with E-state index in [0.29, 0.717) is 11.8 Å². The Morgan fingerprint density at radius 1 is 1.05 bits per heavy atom. The average Bonchev–Trinajstić information content (AvgIpc) is 2.76. The molecule has 0 radical (unpaired) electrons. The van der Waals surface area contributed by atoms with Crippen LogP contribution in [0.5, 0.6) is 0 Å². The molecule has 3 fully saturated rings. The fourth-order valence-corrected chi connectivity index (χ4v) is 5.15. The van der Waals surface area contributed by atoms with E-state index in [1.54, 1.807) is 6.92 Å². The first kappa shape index (κ1) is 13.4. The first-order valence-corrected chi connectivity index (χ1v) is 8.11. The molecule has 108 valence electrons. The quantitative estimate of drug-likeness (QED) is 0.567. The lowest BCUT2D eigenvalue weighted by atomic mass is 9.66. The Bertz CT molecular complexity index is 349. The van der Waals surface area contributed by atoms with E-state index in [2.05, 4.69) is 7.05 Å². The largest absolute Gasteiger partial charge is 0.462 e. The summed E-state index contributed by atoms with van der Waals surface area (Å²) < 4.78 is 6.99. The van der Waals surface area contributed by atoms with Crippen LogP contribution in [0.1, 0.15) is 51.9 Å². The molecule has 2 bridgehead atoms. The van der Waals surface area contributed by atoms with Gasteiger partial charge in [-0.25, -0.2) is 0 Å². The van der Waals surface area contributed by atoms with E-state index in [9.17, 15) is 4.79 Å². The summed E-state index contributed by atoms with van der Waals surface area (Å²) in [5.74, 6) is 1.19. The van der Waals surface area contributed by atoms with Crippen LogP contribution in [-0.4, -0.2) is 42.7 Å². The molecule has 0 aromatic carbocycles. The van der Waals surface area contributed by atoms with Gasteiger partial charge in [-0.05, 0) is 25.2 Å². The molecule has 3 nitrogen and oxygen atoms in total. The summed E-state index contributed by atoms with van der Waals surface area (Å²) in [6.45, 7) is 4.24. The molecule has 0 aromatic heterocycles. The van der Waals surface area contributed by atoms with E-state index in [1.165, 1.54) is 62.5 Å². The number of rotatable bonds is 2. The maximum absolute atomic E-state index is 11.4. The number of esters is 1. The van der Waals surface area contributed by atoms with Crippen molar-refractivity contribution >= 4 is 5.97 Å². The molecular weight excluding hydrogens is 238 g/mol. The first-order chi connectivity index (χ1) is 9.10. The lowest BCUT2D eigenvalue weighted by Gasteiger charge is -2.51. The number of hydrogen-bond acceptors (Lipinski definition) is 2. The average molecular weight is 266 g/mol. The molecule has 0 amide bonds. The van der Waals surface area contributed by atoms with Crippen molar-refractivity contribution in [2.24, 2.45) is 11.8 Å². The van der Waals surface area contributed by atoms with Crippen LogP contribution in [0.2, 0.25) is 0 Å². The molecule has 2 saturated carbocycles. The second-order valence-corrected chi connectivity index (χ2v) is 7.21. The Labute approximate surface area is 116 Å². The molecule has 1 heterocycles. The molecular formula is C16H28NO2+. The Hall–Kier alpha value is -0.570. The summed E-state index contributed by atoms with van der Waals surface area (Å²) in [5, 5.41) is 0. The smallest absolute Gasteiger partial charge is 0.302 e. The van der Waals surface area contributed by atoms with Gasteiger partial charge >= 0.3 is 5.97 Å². The van der Waals surface area contributed by atoms with Crippen molar-refractivity contribution in [2.75, 3.05) is 20.1 Å². The number of ether oxygens (including phenoxy) is 1. The molecule has 3 rings (SSSR count). The number of hydrogen-bond donors (Lipinski definition) is 0. The van der Waals surface area contributed by atoms with Gasteiger partial charge in [0.2, 0.25) is 0 Å². The van der Waals surface area contributed by atoms with Crippen LogP contribution in [0.25, 0.3) is 0 Å². The summed E-state index contributed by atoms with van der Waals surface area (Å²) in [7, 11) is 2.44. The number of carbonyl (C=O) groups is 1. The predicted molar refractivity (Wildman–Crippen MR) is 74.6 cm³/mol. The fraction of sp³-hybridized carbons (Fsp3) is 0.938. The van der Waals surface area contributed by atoms with Crippen molar-refractivity contribution in [2.45, 2.75) is 64.0 Å². The normalized spacial score (nSPS) is 40.9. The molecule has 2 aliphatic carbocycles. The zero-order valence-electron chi connectivity index (χ0n) is 12.4. The summed E-state index contributed by atoms with van der Waals surface area (Å²) in [6.07, 6.45) is 9.47. The van der Waals surface area contributed by atoms with Crippen LogP contribution in [0.3, 0.4) is 0 Å². The zero-order chi connectivity index (χ0) is 13.5. The lowest BCUT2D eigenvalue weighted by Crippen LogP contribution is -2.60. The molecule has 1 saturated heterocycles. The Morgan fingerprint density at radius 3 is 2.47 bits per heavy atom. The number of nitrogens with zero attached hydrogens (tertiary/aromatic N) is 1. The maximum Gasteiger partial charge on any atom is 0.302 e. The summed E-state index contributed by atoms with van der Waals surface area (Å²) in [5.41, 5.74) is 0. The molecule has 0 aromatic rings. The highest BCUT2D eigenvalue weighted by Gasteiger charge is 2.51. The van der Waals surface area contributed by atoms with Crippen LogP contribution in [0, 0.1) is 11.8 Å². The van der Waals surface area contributed by atoms with Gasteiger partial charge in [0.05, 0.1) is 26.2 Å². The van der Waals surface area contributed by atoms with Gasteiger partial charge in [-0.1, -0.05) is 6.42 Å². The van der Waals surface area contributed by atoms with Crippen LogP contribution in [0.15, 0.2) is 0 Å². The molecule has 0 spiro atoms. The van der Waals surface area contributed by atoms with Gasteiger partial charge in [-0.3, -0.25) is 4.79 Å². The third-order valence-corrected chi connectivity index (χ3v) is 6.02. The zero-order valence-corrected chi connectivity index (χ0v) is 12.4. The number of quaternary nitrogens is 1. The fourth-order valence-electron chi connectivity index (χ4n) is 5.15. The van der Waals surface area contributed by atoms with Crippen molar-refractivity contribution in [3.8, 4) is 0 Å². The minimum atomic E-state index is -0.0772. The van der Waals surface area contributed by atoms with Crippen molar-refractivity contribution in [1.82, 2.24) is 0 Å². The molecule has 3 aliphatic rings. The molecule has 3 heteroatoms. The topological polar surface area (TPSA) is 26.3 Å². The van der Waals surface area contributed by atoms with E-state index < -0.39 is 0 Å². The van der Waals surface area contributed by atoms with Gasteiger partial charge in [0.1, 0.15) is 6.10 Å². The van der Waals surface area contributed by atoms with E-state index in [0.717, 1.165) is 6.04 Å². The third-order valence-electron chi connectivity index (χ3n) is 6.02. The Morgan fingerprint density at radius 2 is 1.79 bits per heavy atom. The minimum Gasteiger partial charge on any atom is -0.462 e. The van der Waals surface area contributed by atoms with Crippen LogP contribution < -0.4 is 0 Å². The second-order valence-electron chi connectivity index (χ2n) is 7.21. The molecule has 0 unspecified atom stereocenters.